The zero-order valence-corrected chi connectivity index (χ0v) is 23.6. The number of amides is 1. The second-order valence-corrected chi connectivity index (χ2v) is 12.3. The monoisotopic (exact) mass is 607 g/mol. The van der Waals surface area contributed by atoms with Crippen molar-refractivity contribution in [3.63, 3.8) is 0 Å². The first-order chi connectivity index (χ1) is 18.5. The quantitative estimate of drug-likeness (QED) is 0.205. The van der Waals surface area contributed by atoms with Crippen LogP contribution in [0.3, 0.4) is 0 Å². The fourth-order valence-electron chi connectivity index (χ4n) is 3.86. The second-order valence-electron chi connectivity index (χ2n) is 8.77. The number of halogens is 2. The maximum atomic E-state index is 13.1. The molecule has 1 atom stereocenters. The highest BCUT2D eigenvalue weighted by Crippen LogP contribution is 2.39. The predicted octanol–water partition coefficient (Wildman–Crippen LogP) is 4.54. The number of nitrogens with zero attached hydrogens (tertiary/aromatic N) is 1. The van der Waals surface area contributed by atoms with E-state index in [1.54, 1.807) is 12.1 Å². The van der Waals surface area contributed by atoms with Crippen LogP contribution < -0.4 is 10.6 Å². The van der Waals surface area contributed by atoms with Gasteiger partial charge in [-0.05, 0) is 46.4 Å². The lowest BCUT2D eigenvalue weighted by Crippen LogP contribution is -2.42. The van der Waals surface area contributed by atoms with Crippen molar-refractivity contribution in [1.82, 2.24) is 9.69 Å². The van der Waals surface area contributed by atoms with Gasteiger partial charge in [0.25, 0.3) is 5.91 Å². The number of hydrogen-bond donors (Lipinski definition) is 4. The van der Waals surface area contributed by atoms with Crippen molar-refractivity contribution in [3.8, 4) is 0 Å². The van der Waals surface area contributed by atoms with E-state index in [2.05, 4.69) is 15.0 Å². The molecular weight excluding hydrogens is 585 g/mol. The van der Waals surface area contributed by atoms with Gasteiger partial charge in [0.1, 0.15) is 11.9 Å². The number of carboxylic acid groups (broad SMARTS) is 1. The van der Waals surface area contributed by atoms with E-state index in [1.807, 2.05) is 24.3 Å². The van der Waals surface area contributed by atoms with E-state index in [-0.39, 0.29) is 33.5 Å². The number of fused-ring (bicyclic) bond motifs is 1. The van der Waals surface area contributed by atoms with Crippen molar-refractivity contribution >= 4 is 72.4 Å². The number of anilines is 1. The van der Waals surface area contributed by atoms with Gasteiger partial charge in [-0.3, -0.25) is 4.79 Å². The fourth-order valence-corrected chi connectivity index (χ4v) is 6.06. The molecule has 0 spiro atoms. The van der Waals surface area contributed by atoms with E-state index >= 15 is 0 Å². The molecule has 0 unspecified atom stereocenters. The Balaban J connectivity index is 1.54. The molecule has 39 heavy (non-hydrogen) atoms. The fraction of sp³-hybridized carbons (Fsp3) is 0.192. The molecule has 4 N–H and O–H groups in total. The number of carboxylic acids is 1. The highest BCUT2D eigenvalue weighted by Gasteiger charge is 2.26. The van der Waals surface area contributed by atoms with E-state index in [0.29, 0.717) is 28.0 Å². The minimum absolute atomic E-state index is 0.0174. The molecular formula is C26H23Cl2N3O6S2. The van der Waals surface area contributed by atoms with Crippen molar-refractivity contribution in [3.05, 3.63) is 86.9 Å². The zero-order chi connectivity index (χ0) is 28.3. The van der Waals surface area contributed by atoms with E-state index in [9.17, 15) is 28.2 Å². The summed E-state index contributed by atoms with van der Waals surface area (Å²) in [6.07, 6.45) is 0.897. The number of nitrogens with one attached hydrogen (secondary N) is 2. The van der Waals surface area contributed by atoms with Gasteiger partial charge < -0.3 is 20.8 Å². The topological polar surface area (TPSA) is 146 Å². The number of aliphatic hydroxyl groups excluding tert-OH is 1. The summed E-state index contributed by atoms with van der Waals surface area (Å²) < 4.78 is 28.6. The molecule has 0 aliphatic rings. The molecule has 0 radical (unpaired) electrons. The maximum absolute atomic E-state index is 13.1. The summed E-state index contributed by atoms with van der Waals surface area (Å²) in [6, 6.07) is 13.4. The largest absolute Gasteiger partial charge is 0.480 e. The van der Waals surface area contributed by atoms with Gasteiger partial charge >= 0.3 is 5.97 Å². The molecule has 1 aromatic heterocycles. The van der Waals surface area contributed by atoms with Crippen molar-refractivity contribution in [2.75, 3.05) is 11.6 Å². The summed E-state index contributed by atoms with van der Waals surface area (Å²) in [4.78, 5) is 25.1. The molecule has 3 aromatic carbocycles. The van der Waals surface area contributed by atoms with Crippen LogP contribution in [0.2, 0.25) is 10.0 Å². The van der Waals surface area contributed by atoms with E-state index in [4.69, 9.17) is 23.2 Å². The van der Waals surface area contributed by atoms with Gasteiger partial charge in [0.2, 0.25) is 0 Å². The Morgan fingerprint density at radius 3 is 2.38 bits per heavy atom. The number of rotatable bonds is 10. The normalized spacial score (nSPS) is 12.3. The summed E-state index contributed by atoms with van der Waals surface area (Å²) in [7, 11) is -3.49. The number of carbonyl (C=O) groups excluding carboxylic acids is 1. The van der Waals surface area contributed by atoms with Crippen LogP contribution in [0.5, 0.6) is 0 Å². The Morgan fingerprint density at radius 1 is 1.05 bits per heavy atom. The van der Waals surface area contributed by atoms with Crippen LogP contribution in [-0.2, 0) is 34.2 Å². The van der Waals surface area contributed by atoms with Crippen LogP contribution >= 0.6 is 34.7 Å². The van der Waals surface area contributed by atoms with Crippen LogP contribution in [0.15, 0.2) is 59.5 Å². The van der Waals surface area contributed by atoms with E-state index < -0.39 is 27.8 Å². The van der Waals surface area contributed by atoms with Gasteiger partial charge in [0.15, 0.2) is 9.84 Å². The third kappa shape index (κ3) is 6.68. The molecule has 0 saturated carbocycles. The Labute approximate surface area is 238 Å². The number of aliphatic hydroxyl groups is 1. The zero-order valence-electron chi connectivity index (χ0n) is 20.4. The molecule has 0 aliphatic carbocycles. The molecule has 1 amide bonds. The van der Waals surface area contributed by atoms with Crippen molar-refractivity contribution in [2.45, 2.75) is 30.5 Å². The van der Waals surface area contributed by atoms with Gasteiger partial charge in [-0.25, -0.2) is 13.2 Å². The van der Waals surface area contributed by atoms with Crippen LogP contribution in [0.4, 0.5) is 5.82 Å². The molecule has 0 saturated heterocycles. The Kier molecular flexibility index (Phi) is 8.77. The first kappa shape index (κ1) is 28.8. The number of sulfone groups is 1. The minimum Gasteiger partial charge on any atom is -0.480 e. The Bertz CT molecular complexity index is 1660. The number of aliphatic carboxylic acids is 1. The average Bonchev–Trinajstić information content (AvgIpc) is 3.30. The van der Waals surface area contributed by atoms with Crippen molar-refractivity contribution in [2.24, 2.45) is 0 Å². The lowest BCUT2D eigenvalue weighted by atomic mass is 10.1. The summed E-state index contributed by atoms with van der Waals surface area (Å²) in [5.41, 5.74) is 2.09. The minimum atomic E-state index is -3.49. The maximum Gasteiger partial charge on any atom is 0.326 e. The van der Waals surface area contributed by atoms with E-state index in [1.165, 1.54) is 18.2 Å². The van der Waals surface area contributed by atoms with Crippen LogP contribution in [0.1, 0.15) is 27.0 Å². The molecule has 4 rings (SSSR count). The van der Waals surface area contributed by atoms with Gasteiger partial charge in [0.05, 0.1) is 31.8 Å². The standard InChI is InChI=1S/C26H23Cl2N3O6S2/c1-39(36,37)17-4-2-3-16(9-17)10-20(26(34)35)30-25(33)21-19(27)11-18-23(22(21)28)38-31-24(18)29-12-14-5-7-15(13-32)8-6-14/h2-9,11,20,32H,10,12-13H2,1H3,(H,29,31)(H,30,33)(H,34,35)/t20-/m0/s1. The number of carbonyl (C=O) groups is 2. The summed E-state index contributed by atoms with van der Waals surface area (Å²) in [6.45, 7) is 0.407. The molecule has 9 nitrogen and oxygen atoms in total. The predicted molar refractivity (Wildman–Crippen MR) is 151 cm³/mol. The number of benzene rings is 3. The van der Waals surface area contributed by atoms with Crippen molar-refractivity contribution < 1.29 is 28.2 Å². The highest BCUT2D eigenvalue weighted by molar-refractivity contribution is 7.90. The first-order valence-electron chi connectivity index (χ1n) is 11.5. The summed E-state index contributed by atoms with van der Waals surface area (Å²) in [5.74, 6) is -1.57. The third-order valence-electron chi connectivity index (χ3n) is 5.92. The van der Waals surface area contributed by atoms with Gasteiger partial charge in [-0.2, -0.15) is 4.37 Å². The summed E-state index contributed by atoms with van der Waals surface area (Å²) >= 11 is 14.1. The van der Waals surface area contributed by atoms with Crippen molar-refractivity contribution in [1.29, 1.82) is 0 Å². The molecule has 0 fully saturated rings. The van der Waals surface area contributed by atoms with Crippen LogP contribution in [0.25, 0.3) is 10.1 Å². The lowest BCUT2D eigenvalue weighted by molar-refractivity contribution is -0.139. The Morgan fingerprint density at radius 2 is 1.74 bits per heavy atom. The van der Waals surface area contributed by atoms with Crippen LogP contribution in [0, 0.1) is 0 Å². The SMILES string of the molecule is CS(=O)(=O)c1cccc(C[C@H](NC(=O)c2c(Cl)cc3c(NCc4ccc(CO)cc4)nsc3c2Cl)C(=O)O)c1. The molecule has 0 bridgehead atoms. The molecule has 0 aliphatic heterocycles. The second kappa shape index (κ2) is 11.9. The Hall–Kier alpha value is -3.22. The molecule has 1 heterocycles. The third-order valence-corrected chi connectivity index (χ3v) is 8.70. The van der Waals surface area contributed by atoms with Crippen LogP contribution in [-0.4, -0.2) is 47.2 Å². The van der Waals surface area contributed by atoms with E-state index in [0.717, 1.165) is 28.9 Å². The average molecular weight is 609 g/mol. The lowest BCUT2D eigenvalue weighted by Gasteiger charge is -2.16. The van der Waals surface area contributed by atoms with Gasteiger partial charge in [-0.1, -0.05) is 59.6 Å². The van der Waals surface area contributed by atoms with Gasteiger partial charge in [0, 0.05) is 24.6 Å². The highest BCUT2D eigenvalue weighted by atomic mass is 35.5. The molecule has 204 valence electrons. The molecule has 4 aromatic rings. The smallest absolute Gasteiger partial charge is 0.326 e. The number of hydrogen-bond acceptors (Lipinski definition) is 8. The summed E-state index contributed by atoms with van der Waals surface area (Å²) in [5, 5.41) is 25.2. The van der Waals surface area contributed by atoms with Gasteiger partial charge in [-0.15, -0.1) is 0 Å². The first-order valence-corrected chi connectivity index (χ1v) is 14.9. The number of aromatic nitrogens is 1. The molecule has 13 heteroatoms.